The molecule has 0 unspecified atom stereocenters. The van der Waals surface area contributed by atoms with E-state index in [1.165, 1.54) is 11.3 Å². The summed E-state index contributed by atoms with van der Waals surface area (Å²) in [7, 11) is 0. The molecule has 0 spiro atoms. The van der Waals surface area contributed by atoms with Gasteiger partial charge in [0.2, 0.25) is 5.91 Å². The van der Waals surface area contributed by atoms with E-state index in [0.717, 1.165) is 16.9 Å². The molecule has 2 aromatic rings. The maximum Gasteiger partial charge on any atom is 0.307 e. The smallest absolute Gasteiger partial charge is 0.307 e. The standard InChI is InChI=1S/C19H16Cl2N2O3S/c1-8-16(12-5-4-11(20)7-13(12)21)22-19(27-8)23-17(24)14-9-2-3-10(6-9)15(14)18(25)26/h2-5,7,9-10,14-15H,6H2,1H3,(H,25,26)(H,22,23,24)/t9-,10-,14+,15+/m0/s1. The molecule has 0 radical (unpaired) electrons. The Morgan fingerprint density at radius 2 is 1.93 bits per heavy atom. The number of aromatic nitrogens is 1. The number of carboxylic acid groups (broad SMARTS) is 1. The Bertz CT molecular complexity index is 972. The Labute approximate surface area is 170 Å². The van der Waals surface area contributed by atoms with Gasteiger partial charge in [0.15, 0.2) is 5.13 Å². The molecular formula is C19H16Cl2N2O3S. The third-order valence-corrected chi connectivity index (χ3v) is 6.69. The zero-order valence-corrected chi connectivity index (χ0v) is 16.6. The summed E-state index contributed by atoms with van der Waals surface area (Å²) in [5.74, 6) is -2.54. The lowest BCUT2D eigenvalue weighted by atomic mass is 9.82. The van der Waals surface area contributed by atoms with Crippen molar-refractivity contribution in [2.24, 2.45) is 23.7 Å². The Kier molecular flexibility index (Phi) is 4.74. The number of carbonyl (C=O) groups excluding carboxylic acids is 1. The van der Waals surface area contributed by atoms with Gasteiger partial charge in [-0.2, -0.15) is 0 Å². The van der Waals surface area contributed by atoms with Gasteiger partial charge in [-0.05, 0) is 43.4 Å². The first kappa shape index (κ1) is 18.5. The average molecular weight is 423 g/mol. The molecule has 1 amide bonds. The summed E-state index contributed by atoms with van der Waals surface area (Å²) in [5.41, 5.74) is 1.42. The number of benzene rings is 1. The third kappa shape index (κ3) is 3.26. The molecule has 2 bridgehead atoms. The van der Waals surface area contributed by atoms with Gasteiger partial charge in [0, 0.05) is 15.5 Å². The highest BCUT2D eigenvalue weighted by atomic mass is 35.5. The number of allylic oxidation sites excluding steroid dienone is 2. The number of carbonyl (C=O) groups is 2. The van der Waals surface area contributed by atoms with Crippen LogP contribution in [0.15, 0.2) is 30.4 Å². The average Bonchev–Trinajstić information content (AvgIpc) is 3.29. The second-order valence-corrected chi connectivity index (χ2v) is 8.92. The van der Waals surface area contributed by atoms with Gasteiger partial charge in [0.1, 0.15) is 0 Å². The monoisotopic (exact) mass is 422 g/mol. The van der Waals surface area contributed by atoms with E-state index in [-0.39, 0.29) is 17.7 Å². The molecule has 4 atom stereocenters. The van der Waals surface area contributed by atoms with Crippen molar-refractivity contribution in [1.82, 2.24) is 4.98 Å². The molecule has 2 aliphatic carbocycles. The Morgan fingerprint density at radius 3 is 2.59 bits per heavy atom. The van der Waals surface area contributed by atoms with Gasteiger partial charge in [0.25, 0.3) is 0 Å². The molecule has 1 fully saturated rings. The minimum absolute atomic E-state index is 0.0256. The van der Waals surface area contributed by atoms with Crippen LogP contribution in [0.4, 0.5) is 5.13 Å². The summed E-state index contributed by atoms with van der Waals surface area (Å²) in [6.07, 6.45) is 4.60. The lowest BCUT2D eigenvalue weighted by Crippen LogP contribution is -2.36. The van der Waals surface area contributed by atoms with E-state index in [4.69, 9.17) is 23.2 Å². The van der Waals surface area contributed by atoms with E-state index >= 15 is 0 Å². The second-order valence-electron chi connectivity index (χ2n) is 6.88. The molecule has 4 rings (SSSR count). The minimum atomic E-state index is -0.920. The Balaban J connectivity index is 1.58. The fourth-order valence-corrected chi connectivity index (χ4v) is 5.42. The van der Waals surface area contributed by atoms with Crippen LogP contribution in [0.2, 0.25) is 10.0 Å². The number of nitrogens with one attached hydrogen (secondary N) is 1. The first-order chi connectivity index (χ1) is 12.8. The highest BCUT2D eigenvalue weighted by molar-refractivity contribution is 7.16. The third-order valence-electron chi connectivity index (χ3n) is 5.26. The molecule has 5 nitrogen and oxygen atoms in total. The van der Waals surface area contributed by atoms with Gasteiger partial charge < -0.3 is 10.4 Å². The first-order valence-electron chi connectivity index (χ1n) is 8.50. The number of aliphatic carboxylic acids is 1. The number of carboxylic acids is 1. The number of hydrogen-bond acceptors (Lipinski definition) is 4. The van der Waals surface area contributed by atoms with Gasteiger partial charge in [-0.15, -0.1) is 11.3 Å². The van der Waals surface area contributed by atoms with Crippen molar-refractivity contribution in [3.8, 4) is 11.3 Å². The molecule has 1 saturated carbocycles. The molecule has 1 aromatic heterocycles. The van der Waals surface area contributed by atoms with Crippen LogP contribution in [-0.2, 0) is 9.59 Å². The zero-order chi connectivity index (χ0) is 19.3. The largest absolute Gasteiger partial charge is 0.481 e. The molecule has 27 heavy (non-hydrogen) atoms. The van der Waals surface area contributed by atoms with Gasteiger partial charge in [-0.25, -0.2) is 4.98 Å². The predicted octanol–water partition coefficient (Wildman–Crippen LogP) is 4.89. The molecule has 0 aliphatic heterocycles. The van der Waals surface area contributed by atoms with E-state index in [1.54, 1.807) is 18.2 Å². The Hall–Kier alpha value is -1.89. The number of nitrogens with zero attached hydrogens (tertiary/aromatic N) is 1. The van der Waals surface area contributed by atoms with Crippen molar-refractivity contribution in [1.29, 1.82) is 0 Å². The van der Waals surface area contributed by atoms with E-state index in [1.807, 2.05) is 19.1 Å². The first-order valence-corrected chi connectivity index (χ1v) is 10.1. The minimum Gasteiger partial charge on any atom is -0.481 e. The molecule has 2 aliphatic rings. The maximum absolute atomic E-state index is 12.8. The van der Waals surface area contributed by atoms with Gasteiger partial charge in [0.05, 0.1) is 22.6 Å². The van der Waals surface area contributed by atoms with Crippen molar-refractivity contribution in [2.45, 2.75) is 13.3 Å². The fraction of sp³-hybridized carbons (Fsp3) is 0.316. The summed E-state index contributed by atoms with van der Waals surface area (Å²) in [6, 6.07) is 5.17. The highest BCUT2D eigenvalue weighted by Gasteiger charge is 2.51. The molecule has 1 heterocycles. The number of anilines is 1. The van der Waals surface area contributed by atoms with E-state index < -0.39 is 17.8 Å². The van der Waals surface area contributed by atoms with Crippen LogP contribution >= 0.6 is 34.5 Å². The van der Waals surface area contributed by atoms with Crippen LogP contribution in [0.5, 0.6) is 0 Å². The van der Waals surface area contributed by atoms with Crippen LogP contribution < -0.4 is 5.32 Å². The maximum atomic E-state index is 12.8. The predicted molar refractivity (Wildman–Crippen MR) is 106 cm³/mol. The van der Waals surface area contributed by atoms with Crippen molar-refractivity contribution in [3.63, 3.8) is 0 Å². The number of halogens is 2. The second kappa shape index (κ2) is 6.93. The summed E-state index contributed by atoms with van der Waals surface area (Å²) < 4.78 is 0. The lowest BCUT2D eigenvalue weighted by molar-refractivity contribution is -0.146. The Morgan fingerprint density at radius 1 is 1.22 bits per heavy atom. The number of aryl methyl sites for hydroxylation is 1. The number of thiazole rings is 1. The van der Waals surface area contributed by atoms with Crippen LogP contribution in [0, 0.1) is 30.6 Å². The van der Waals surface area contributed by atoms with Crippen LogP contribution in [0.1, 0.15) is 11.3 Å². The molecular weight excluding hydrogens is 407 g/mol. The SMILES string of the molecule is Cc1sc(NC(=O)[C@H]2[C@H](C(=O)O)[C@H]3C=C[C@H]2C3)nc1-c1ccc(Cl)cc1Cl. The van der Waals surface area contributed by atoms with E-state index in [2.05, 4.69) is 10.3 Å². The molecule has 0 saturated heterocycles. The van der Waals surface area contributed by atoms with Crippen molar-refractivity contribution >= 4 is 51.5 Å². The number of fused-ring (bicyclic) bond motifs is 2. The van der Waals surface area contributed by atoms with Gasteiger partial charge in [-0.3, -0.25) is 9.59 Å². The zero-order valence-electron chi connectivity index (χ0n) is 14.3. The van der Waals surface area contributed by atoms with Crippen LogP contribution in [0.3, 0.4) is 0 Å². The van der Waals surface area contributed by atoms with E-state index in [9.17, 15) is 14.7 Å². The van der Waals surface area contributed by atoms with E-state index in [0.29, 0.717) is 20.9 Å². The van der Waals surface area contributed by atoms with Crippen molar-refractivity contribution < 1.29 is 14.7 Å². The number of rotatable bonds is 4. The van der Waals surface area contributed by atoms with Crippen LogP contribution in [0.25, 0.3) is 11.3 Å². The normalized spacial score (nSPS) is 25.7. The molecule has 8 heteroatoms. The summed E-state index contributed by atoms with van der Waals surface area (Å²) >= 11 is 13.6. The lowest BCUT2D eigenvalue weighted by Gasteiger charge is -2.23. The van der Waals surface area contributed by atoms with Crippen molar-refractivity contribution in [3.05, 3.63) is 45.3 Å². The van der Waals surface area contributed by atoms with Crippen molar-refractivity contribution in [2.75, 3.05) is 5.32 Å². The number of hydrogen-bond donors (Lipinski definition) is 2. The van der Waals surface area contributed by atoms with Gasteiger partial charge in [-0.1, -0.05) is 35.4 Å². The quantitative estimate of drug-likeness (QED) is 0.687. The number of amides is 1. The topological polar surface area (TPSA) is 79.3 Å². The summed E-state index contributed by atoms with van der Waals surface area (Å²) in [4.78, 5) is 29.8. The molecule has 140 valence electrons. The summed E-state index contributed by atoms with van der Waals surface area (Å²) in [6.45, 7) is 1.90. The summed E-state index contributed by atoms with van der Waals surface area (Å²) in [5, 5.41) is 13.8. The van der Waals surface area contributed by atoms with Gasteiger partial charge >= 0.3 is 5.97 Å². The fourth-order valence-electron chi connectivity index (χ4n) is 4.09. The highest BCUT2D eigenvalue weighted by Crippen LogP contribution is 2.48. The van der Waals surface area contributed by atoms with Crippen LogP contribution in [-0.4, -0.2) is 22.0 Å². The molecule has 1 aromatic carbocycles. The molecule has 2 N–H and O–H groups in total.